The maximum atomic E-state index is 5.69. The van der Waals surface area contributed by atoms with Crippen LogP contribution in [0.25, 0.3) is 5.70 Å². The Labute approximate surface area is 124 Å². The number of aryl methyl sites for hydroxylation is 1. The van der Waals surface area contributed by atoms with Crippen molar-refractivity contribution in [2.24, 2.45) is 0 Å². The van der Waals surface area contributed by atoms with Crippen molar-refractivity contribution >= 4 is 11.4 Å². The quantitative estimate of drug-likeness (QED) is 0.867. The smallest absolute Gasteiger partial charge is 0.192 e. The number of aromatic nitrogens is 1. The minimum atomic E-state index is 0.698. The van der Waals surface area contributed by atoms with Crippen LogP contribution in [-0.2, 0) is 6.54 Å². The van der Waals surface area contributed by atoms with E-state index in [1.54, 1.807) is 7.11 Å². The van der Waals surface area contributed by atoms with E-state index in [1.807, 2.05) is 45.3 Å². The maximum absolute atomic E-state index is 5.69. The number of ether oxygens (including phenoxy) is 1. The zero-order valence-corrected chi connectivity index (χ0v) is 12.8. The Hall–Kier alpha value is -2.43. The zero-order valence-electron chi connectivity index (χ0n) is 12.8. The standard InChI is InChI=1S/C16H19N3O2/c1-11-17-16-14(9-18(2)10-15(16)21-11)19(3)12-5-7-13(20-4)8-6-12/h5-9H,10H2,1-4H3. The van der Waals surface area contributed by atoms with Crippen LogP contribution >= 0.6 is 0 Å². The van der Waals surface area contributed by atoms with Crippen LogP contribution in [0.3, 0.4) is 0 Å². The predicted octanol–water partition coefficient (Wildman–Crippen LogP) is 2.87. The molecule has 5 heteroatoms. The molecule has 0 atom stereocenters. The number of nitrogens with zero attached hydrogens (tertiary/aromatic N) is 3. The van der Waals surface area contributed by atoms with Gasteiger partial charge in [-0.25, -0.2) is 4.98 Å². The SMILES string of the molecule is COc1ccc(N(C)C2=CN(C)Cc3oc(C)nc32)cc1. The third-order valence-electron chi connectivity index (χ3n) is 3.60. The molecule has 2 heterocycles. The lowest BCUT2D eigenvalue weighted by atomic mass is 10.1. The number of fused-ring (bicyclic) bond motifs is 1. The number of oxazole rings is 1. The molecule has 0 radical (unpaired) electrons. The molecule has 0 amide bonds. The molecular weight excluding hydrogens is 266 g/mol. The van der Waals surface area contributed by atoms with Gasteiger partial charge in [-0.15, -0.1) is 0 Å². The van der Waals surface area contributed by atoms with E-state index in [2.05, 4.69) is 21.0 Å². The van der Waals surface area contributed by atoms with Gasteiger partial charge in [-0.2, -0.15) is 0 Å². The minimum Gasteiger partial charge on any atom is -0.497 e. The van der Waals surface area contributed by atoms with Crippen LogP contribution < -0.4 is 9.64 Å². The third kappa shape index (κ3) is 2.46. The van der Waals surface area contributed by atoms with Crippen LogP contribution in [-0.4, -0.2) is 31.1 Å². The summed E-state index contributed by atoms with van der Waals surface area (Å²) >= 11 is 0. The van der Waals surface area contributed by atoms with Gasteiger partial charge in [0.15, 0.2) is 11.7 Å². The summed E-state index contributed by atoms with van der Waals surface area (Å²) in [6, 6.07) is 7.96. The molecule has 1 aliphatic heterocycles. The van der Waals surface area contributed by atoms with Crippen LogP contribution in [0.2, 0.25) is 0 Å². The summed E-state index contributed by atoms with van der Waals surface area (Å²) in [5.41, 5.74) is 3.02. The van der Waals surface area contributed by atoms with Crippen LogP contribution in [0, 0.1) is 6.92 Å². The molecule has 1 aromatic heterocycles. The topological polar surface area (TPSA) is 41.7 Å². The van der Waals surface area contributed by atoms with Crippen LogP contribution in [0.1, 0.15) is 17.3 Å². The number of rotatable bonds is 3. The van der Waals surface area contributed by atoms with E-state index in [-0.39, 0.29) is 0 Å². The number of methoxy groups -OCH3 is 1. The summed E-state index contributed by atoms with van der Waals surface area (Å²) in [7, 11) is 5.73. The van der Waals surface area contributed by atoms with E-state index in [4.69, 9.17) is 9.15 Å². The van der Waals surface area contributed by atoms with Gasteiger partial charge < -0.3 is 19.0 Å². The Morgan fingerprint density at radius 3 is 2.67 bits per heavy atom. The van der Waals surface area contributed by atoms with Gasteiger partial charge in [0.1, 0.15) is 11.4 Å². The van der Waals surface area contributed by atoms with Crippen molar-refractivity contribution in [3.05, 3.63) is 47.8 Å². The number of anilines is 1. The minimum absolute atomic E-state index is 0.698. The summed E-state index contributed by atoms with van der Waals surface area (Å²) in [5, 5.41) is 0. The highest BCUT2D eigenvalue weighted by Crippen LogP contribution is 2.31. The van der Waals surface area contributed by atoms with Crippen LogP contribution in [0.15, 0.2) is 34.9 Å². The largest absolute Gasteiger partial charge is 0.497 e. The Bertz CT molecular complexity index is 673. The fourth-order valence-electron chi connectivity index (χ4n) is 2.51. The highest BCUT2D eigenvalue weighted by Gasteiger charge is 2.24. The molecule has 0 unspecified atom stereocenters. The van der Waals surface area contributed by atoms with E-state index in [1.165, 1.54) is 0 Å². The molecule has 0 aliphatic carbocycles. The zero-order chi connectivity index (χ0) is 15.0. The lowest BCUT2D eigenvalue weighted by Crippen LogP contribution is -2.24. The summed E-state index contributed by atoms with van der Waals surface area (Å²) < 4.78 is 10.9. The van der Waals surface area contributed by atoms with Crippen molar-refractivity contribution in [2.45, 2.75) is 13.5 Å². The van der Waals surface area contributed by atoms with Crippen molar-refractivity contribution in [2.75, 3.05) is 26.1 Å². The lowest BCUT2D eigenvalue weighted by Gasteiger charge is -2.28. The van der Waals surface area contributed by atoms with Gasteiger partial charge >= 0.3 is 0 Å². The van der Waals surface area contributed by atoms with Crippen molar-refractivity contribution in [3.63, 3.8) is 0 Å². The Morgan fingerprint density at radius 2 is 2.00 bits per heavy atom. The second-order valence-corrected chi connectivity index (χ2v) is 5.19. The van der Waals surface area contributed by atoms with E-state index in [0.29, 0.717) is 5.89 Å². The summed E-state index contributed by atoms with van der Waals surface area (Å²) in [6.07, 6.45) is 2.09. The lowest BCUT2D eigenvalue weighted by molar-refractivity contribution is 0.367. The highest BCUT2D eigenvalue weighted by molar-refractivity contribution is 5.78. The Kier molecular flexibility index (Phi) is 3.33. The molecule has 1 aliphatic rings. The molecule has 0 N–H and O–H groups in total. The average molecular weight is 285 g/mol. The van der Waals surface area contributed by atoms with E-state index < -0.39 is 0 Å². The van der Waals surface area contributed by atoms with Crippen molar-refractivity contribution in [3.8, 4) is 5.75 Å². The normalized spacial score (nSPS) is 13.7. The van der Waals surface area contributed by atoms with Crippen molar-refractivity contribution in [1.29, 1.82) is 0 Å². The average Bonchev–Trinajstić information content (AvgIpc) is 2.85. The summed E-state index contributed by atoms with van der Waals surface area (Å²) in [6.45, 7) is 2.62. The molecule has 3 rings (SSSR count). The first-order chi connectivity index (χ1) is 10.1. The molecule has 5 nitrogen and oxygen atoms in total. The fraction of sp³-hybridized carbons (Fsp3) is 0.312. The van der Waals surface area contributed by atoms with Gasteiger partial charge in [-0.1, -0.05) is 0 Å². The molecule has 0 saturated heterocycles. The van der Waals surface area contributed by atoms with Gasteiger partial charge in [0, 0.05) is 32.9 Å². The first-order valence-electron chi connectivity index (χ1n) is 6.85. The summed E-state index contributed by atoms with van der Waals surface area (Å²) in [4.78, 5) is 8.73. The Balaban J connectivity index is 1.97. The molecule has 0 bridgehead atoms. The van der Waals surface area contributed by atoms with Crippen molar-refractivity contribution in [1.82, 2.24) is 9.88 Å². The molecule has 21 heavy (non-hydrogen) atoms. The second-order valence-electron chi connectivity index (χ2n) is 5.19. The van der Waals surface area contributed by atoms with Gasteiger partial charge in [0.2, 0.25) is 0 Å². The first-order valence-corrected chi connectivity index (χ1v) is 6.85. The molecular formula is C16H19N3O2. The molecule has 0 spiro atoms. The number of hydrogen-bond acceptors (Lipinski definition) is 5. The highest BCUT2D eigenvalue weighted by atomic mass is 16.5. The van der Waals surface area contributed by atoms with E-state index in [9.17, 15) is 0 Å². The maximum Gasteiger partial charge on any atom is 0.192 e. The molecule has 1 aromatic carbocycles. The van der Waals surface area contributed by atoms with Gasteiger partial charge in [0.05, 0.1) is 19.4 Å². The summed E-state index contributed by atoms with van der Waals surface area (Å²) in [5.74, 6) is 2.46. The van der Waals surface area contributed by atoms with Crippen LogP contribution in [0.5, 0.6) is 5.75 Å². The number of benzene rings is 1. The third-order valence-corrected chi connectivity index (χ3v) is 3.60. The van der Waals surface area contributed by atoms with Gasteiger partial charge in [-0.05, 0) is 24.3 Å². The van der Waals surface area contributed by atoms with E-state index in [0.717, 1.165) is 35.1 Å². The van der Waals surface area contributed by atoms with E-state index >= 15 is 0 Å². The Morgan fingerprint density at radius 1 is 1.29 bits per heavy atom. The molecule has 110 valence electrons. The first kappa shape index (κ1) is 13.5. The fourth-order valence-corrected chi connectivity index (χ4v) is 2.51. The van der Waals surface area contributed by atoms with Gasteiger partial charge in [0.25, 0.3) is 0 Å². The van der Waals surface area contributed by atoms with Crippen molar-refractivity contribution < 1.29 is 9.15 Å². The second kappa shape index (κ2) is 5.16. The monoisotopic (exact) mass is 285 g/mol. The van der Waals surface area contributed by atoms with Gasteiger partial charge in [-0.3, -0.25) is 0 Å². The van der Waals surface area contributed by atoms with Crippen LogP contribution in [0.4, 0.5) is 5.69 Å². The predicted molar refractivity (Wildman–Crippen MR) is 82.1 cm³/mol. The molecule has 0 fully saturated rings. The molecule has 0 saturated carbocycles. The molecule has 2 aromatic rings. The number of hydrogen-bond donors (Lipinski definition) is 0.